The molecule has 0 spiro atoms. The summed E-state index contributed by atoms with van der Waals surface area (Å²) in [5.74, 6) is 0.00308. The lowest BCUT2D eigenvalue weighted by Crippen LogP contribution is -2.42. The van der Waals surface area contributed by atoms with Crippen molar-refractivity contribution in [2.75, 3.05) is 16.8 Å². The van der Waals surface area contributed by atoms with E-state index in [9.17, 15) is 9.59 Å². The molecule has 1 aromatic heterocycles. The van der Waals surface area contributed by atoms with E-state index >= 15 is 0 Å². The summed E-state index contributed by atoms with van der Waals surface area (Å²) in [5, 5.41) is 6.59. The van der Waals surface area contributed by atoms with Crippen molar-refractivity contribution in [3.8, 4) is 0 Å². The Morgan fingerprint density at radius 2 is 1.77 bits per heavy atom. The molecule has 2 heterocycles. The van der Waals surface area contributed by atoms with E-state index in [0.717, 1.165) is 40.3 Å². The zero-order valence-corrected chi connectivity index (χ0v) is 20.1. The van der Waals surface area contributed by atoms with Gasteiger partial charge in [-0.2, -0.15) is 0 Å². The number of benzene rings is 2. The molecule has 0 saturated carbocycles. The number of carbonyl (C=O) groups excluding carboxylic acids is 2. The quantitative estimate of drug-likeness (QED) is 0.553. The summed E-state index contributed by atoms with van der Waals surface area (Å²) in [5.41, 5.74) is 5.16. The van der Waals surface area contributed by atoms with Crippen LogP contribution >= 0.6 is 0 Å². The fourth-order valence-electron chi connectivity index (χ4n) is 5.11. The van der Waals surface area contributed by atoms with Gasteiger partial charge < -0.3 is 15.5 Å². The van der Waals surface area contributed by atoms with Gasteiger partial charge in [-0.15, -0.1) is 0 Å². The Labute approximate surface area is 206 Å². The molecule has 35 heavy (non-hydrogen) atoms. The van der Waals surface area contributed by atoms with Crippen molar-refractivity contribution in [1.82, 2.24) is 10.3 Å². The second kappa shape index (κ2) is 9.37. The number of nitrogens with one attached hydrogen (secondary N) is 2. The van der Waals surface area contributed by atoms with Gasteiger partial charge in [0.1, 0.15) is 0 Å². The smallest absolute Gasteiger partial charge is 0.239 e. The lowest BCUT2D eigenvalue weighted by Gasteiger charge is -2.37. The highest BCUT2D eigenvalue weighted by Gasteiger charge is 2.41. The van der Waals surface area contributed by atoms with Crippen LogP contribution in [-0.2, 0) is 16.1 Å². The molecular weight excluding hydrogens is 436 g/mol. The molecular formula is C29H30N4O2. The lowest BCUT2D eigenvalue weighted by atomic mass is 9.73. The van der Waals surface area contributed by atoms with Crippen molar-refractivity contribution in [2.45, 2.75) is 39.3 Å². The normalized spacial score (nSPS) is 18.7. The second-order valence-electron chi connectivity index (χ2n) is 10.0. The molecule has 2 aliphatic rings. The Bertz CT molecular complexity index is 1270. The van der Waals surface area contributed by atoms with E-state index in [1.807, 2.05) is 72.8 Å². The number of hydrogen-bond acceptors (Lipinski definition) is 5. The standard InChI is InChI=1S/C29H30N4O2/c1-29(2)16-23-27(25(34)17-29)28(20-10-4-3-5-11-20)33(24-14-7-6-13-22(24)32-23)19-26(35)31-18-21-12-8-9-15-30-21/h3-15,28,32H,16-19H2,1-2H3,(H,31,35). The molecule has 3 aromatic rings. The minimum atomic E-state index is -0.369. The first kappa shape index (κ1) is 22.8. The molecule has 178 valence electrons. The molecule has 0 radical (unpaired) electrons. The van der Waals surface area contributed by atoms with Gasteiger partial charge in [-0.1, -0.05) is 62.4 Å². The predicted octanol–water partition coefficient (Wildman–Crippen LogP) is 5.01. The van der Waals surface area contributed by atoms with E-state index in [-0.39, 0.29) is 29.7 Å². The lowest BCUT2D eigenvalue weighted by molar-refractivity contribution is -0.121. The molecule has 6 heteroatoms. The number of rotatable bonds is 5. The maximum atomic E-state index is 13.6. The molecule has 1 amide bonds. The monoisotopic (exact) mass is 466 g/mol. The van der Waals surface area contributed by atoms with Gasteiger partial charge in [0, 0.05) is 23.9 Å². The van der Waals surface area contributed by atoms with Gasteiger partial charge in [-0.25, -0.2) is 0 Å². The van der Waals surface area contributed by atoms with Crippen LogP contribution in [0.4, 0.5) is 11.4 Å². The number of allylic oxidation sites excluding steroid dienone is 1. The number of hydrogen-bond donors (Lipinski definition) is 2. The van der Waals surface area contributed by atoms with E-state index < -0.39 is 0 Å². The average Bonchev–Trinajstić information content (AvgIpc) is 2.98. The SMILES string of the molecule is CC1(C)CC(=O)C2=C(C1)Nc1ccccc1N(CC(=O)NCc1ccccn1)C2c1ccccc1. The van der Waals surface area contributed by atoms with Crippen LogP contribution in [0, 0.1) is 5.41 Å². The molecule has 1 aliphatic carbocycles. The molecule has 0 fully saturated rings. The van der Waals surface area contributed by atoms with Crippen LogP contribution in [0.25, 0.3) is 0 Å². The van der Waals surface area contributed by atoms with Crippen molar-refractivity contribution < 1.29 is 9.59 Å². The number of carbonyl (C=O) groups is 2. The number of anilines is 2. The van der Waals surface area contributed by atoms with E-state index in [4.69, 9.17) is 0 Å². The fraction of sp³-hybridized carbons (Fsp3) is 0.276. The van der Waals surface area contributed by atoms with E-state index in [1.165, 1.54) is 0 Å². The number of amides is 1. The van der Waals surface area contributed by atoms with Gasteiger partial charge in [-0.3, -0.25) is 14.6 Å². The summed E-state index contributed by atoms with van der Waals surface area (Å²) >= 11 is 0. The summed E-state index contributed by atoms with van der Waals surface area (Å²) in [4.78, 5) is 33.2. The highest BCUT2D eigenvalue weighted by atomic mass is 16.2. The first-order valence-electron chi connectivity index (χ1n) is 12.0. The topological polar surface area (TPSA) is 74.3 Å². The van der Waals surface area contributed by atoms with E-state index in [1.54, 1.807) is 6.20 Å². The third-order valence-electron chi connectivity index (χ3n) is 6.63. The predicted molar refractivity (Wildman–Crippen MR) is 138 cm³/mol. The minimum Gasteiger partial charge on any atom is -0.357 e. The highest BCUT2D eigenvalue weighted by Crippen LogP contribution is 2.48. The van der Waals surface area contributed by atoms with Crippen LogP contribution in [0.5, 0.6) is 0 Å². The van der Waals surface area contributed by atoms with Crippen LogP contribution in [0.1, 0.15) is 44.0 Å². The minimum absolute atomic E-state index is 0.110. The molecule has 0 saturated heterocycles. The number of nitrogens with zero attached hydrogens (tertiary/aromatic N) is 2. The van der Waals surface area contributed by atoms with Gasteiger partial charge in [0.25, 0.3) is 0 Å². The number of Topliss-reactive ketones (excluding diaryl/α,β-unsaturated/α-hetero) is 1. The highest BCUT2D eigenvalue weighted by molar-refractivity contribution is 6.01. The molecule has 6 nitrogen and oxygen atoms in total. The Hall–Kier alpha value is -3.93. The fourth-order valence-corrected chi connectivity index (χ4v) is 5.11. The van der Waals surface area contributed by atoms with Crippen molar-refractivity contribution in [3.63, 3.8) is 0 Å². The van der Waals surface area contributed by atoms with E-state index in [2.05, 4.69) is 34.4 Å². The molecule has 2 aromatic carbocycles. The van der Waals surface area contributed by atoms with Crippen molar-refractivity contribution in [1.29, 1.82) is 0 Å². The number of ketones is 1. The van der Waals surface area contributed by atoms with Crippen molar-refractivity contribution in [2.24, 2.45) is 5.41 Å². The zero-order valence-electron chi connectivity index (χ0n) is 20.1. The maximum Gasteiger partial charge on any atom is 0.239 e. The zero-order chi connectivity index (χ0) is 24.4. The molecule has 1 unspecified atom stereocenters. The number of para-hydroxylation sites is 2. The van der Waals surface area contributed by atoms with Crippen molar-refractivity contribution in [3.05, 3.63) is 102 Å². The van der Waals surface area contributed by atoms with Crippen LogP contribution in [-0.4, -0.2) is 23.2 Å². The summed E-state index contributed by atoms with van der Waals surface area (Å²) in [6.45, 7) is 4.73. The van der Waals surface area contributed by atoms with Gasteiger partial charge in [0.2, 0.25) is 5.91 Å². The Morgan fingerprint density at radius 1 is 1.03 bits per heavy atom. The molecule has 5 rings (SSSR count). The number of pyridine rings is 1. The maximum absolute atomic E-state index is 13.6. The van der Waals surface area contributed by atoms with E-state index in [0.29, 0.717) is 13.0 Å². The van der Waals surface area contributed by atoms with Crippen LogP contribution < -0.4 is 15.5 Å². The van der Waals surface area contributed by atoms with Crippen LogP contribution in [0.15, 0.2) is 90.3 Å². The Balaban J connectivity index is 1.57. The summed E-state index contributed by atoms with van der Waals surface area (Å²) in [7, 11) is 0. The number of aromatic nitrogens is 1. The van der Waals surface area contributed by atoms with Gasteiger partial charge in [-0.05, 0) is 41.7 Å². The van der Waals surface area contributed by atoms with Crippen LogP contribution in [0.3, 0.4) is 0 Å². The Kier molecular flexibility index (Phi) is 6.12. The molecule has 0 bridgehead atoms. The number of fused-ring (bicyclic) bond motifs is 1. The molecule has 2 N–H and O–H groups in total. The Morgan fingerprint density at radius 3 is 2.54 bits per heavy atom. The molecule has 1 aliphatic heterocycles. The first-order valence-corrected chi connectivity index (χ1v) is 12.0. The summed E-state index contributed by atoms with van der Waals surface area (Å²) < 4.78 is 0. The third kappa shape index (κ3) is 4.83. The summed E-state index contributed by atoms with van der Waals surface area (Å²) in [6.07, 6.45) is 2.96. The first-order chi connectivity index (χ1) is 16.9. The second-order valence-corrected chi connectivity index (χ2v) is 10.0. The van der Waals surface area contributed by atoms with Gasteiger partial charge in [0.15, 0.2) is 5.78 Å². The third-order valence-corrected chi connectivity index (χ3v) is 6.63. The average molecular weight is 467 g/mol. The van der Waals surface area contributed by atoms with Crippen LogP contribution in [0.2, 0.25) is 0 Å². The van der Waals surface area contributed by atoms with Gasteiger partial charge in [0.05, 0.1) is 36.2 Å². The largest absolute Gasteiger partial charge is 0.357 e. The van der Waals surface area contributed by atoms with Crippen molar-refractivity contribution >= 4 is 23.1 Å². The van der Waals surface area contributed by atoms with Gasteiger partial charge >= 0.3 is 0 Å². The summed E-state index contributed by atoms with van der Waals surface area (Å²) in [6, 6.07) is 23.3. The molecule has 1 atom stereocenters.